The zero-order valence-corrected chi connectivity index (χ0v) is 11.0. The number of nitrogens with zero attached hydrogens (tertiary/aromatic N) is 1. The largest absolute Gasteiger partial charge is 2.00 e. The van der Waals surface area contributed by atoms with E-state index in [1.807, 2.05) is 0 Å². The Bertz CT molecular complexity index is 65.5. The summed E-state index contributed by atoms with van der Waals surface area (Å²) in [5.41, 5.74) is 0. The fourth-order valence-corrected chi connectivity index (χ4v) is 0.300. The van der Waals surface area contributed by atoms with Crippen LogP contribution in [0.4, 0.5) is 0 Å². The van der Waals surface area contributed by atoms with Gasteiger partial charge in [-0.25, -0.2) is 0 Å². The average molecular weight is 310 g/mol. The molecule has 0 atom stereocenters. The summed E-state index contributed by atoms with van der Waals surface area (Å²) in [6.07, 6.45) is 0. The molecule has 0 aromatic rings. The number of hydrogen-bond donors (Lipinski definition) is 1. The monoisotopic (exact) mass is 308 g/mol. The average Bonchev–Trinajstić information content (AvgIpc) is 1.30. The topological polar surface area (TPSA) is 83.2 Å². The summed E-state index contributed by atoms with van der Waals surface area (Å²) >= 11 is 0. The Labute approximate surface area is 109 Å². The molecule has 0 aliphatic heterocycles. The maximum absolute atomic E-state index is 8.39. The van der Waals surface area contributed by atoms with Crippen LogP contribution in [0.5, 0.6) is 0 Å². The molecule has 0 rings (SSSR count). The molecule has 93 valence electrons. The normalized spacial score (nSPS) is 6.46. The molecule has 4 nitrogen and oxygen atoms in total. The second-order valence-corrected chi connectivity index (χ2v) is 2.74. The van der Waals surface area contributed by atoms with E-state index >= 15 is 0 Å². The molecule has 0 aromatic heterocycles. The van der Waals surface area contributed by atoms with Gasteiger partial charge in [0.15, 0.2) is 0 Å². The summed E-state index contributed by atoms with van der Waals surface area (Å²) < 4.78 is 0.844. The van der Waals surface area contributed by atoms with Gasteiger partial charge in [0.05, 0.1) is 27.7 Å². The molecule has 0 heterocycles. The molecule has 0 saturated heterocycles. The van der Waals surface area contributed by atoms with E-state index in [0.717, 1.165) is 11.0 Å². The zero-order valence-electron chi connectivity index (χ0n) is 7.74. The third-order valence-corrected chi connectivity index (χ3v) is 0.771. The van der Waals surface area contributed by atoms with Gasteiger partial charge in [-0.05, 0) is 0 Å². The second-order valence-electron chi connectivity index (χ2n) is 2.74. The first-order valence-corrected chi connectivity index (χ1v) is 2.47. The van der Waals surface area contributed by atoms with Gasteiger partial charge in [0.2, 0.25) is 0 Å². The van der Waals surface area contributed by atoms with Crippen molar-refractivity contribution < 1.29 is 74.8 Å². The number of aliphatic hydroxyl groups excluding tert-OH is 1. The Kier molecular flexibility index (Phi) is 85.1. The maximum atomic E-state index is 8.39. The van der Waals surface area contributed by atoms with Crippen LogP contribution in [0.3, 0.4) is 0 Å². The summed E-state index contributed by atoms with van der Waals surface area (Å²) in [6, 6.07) is 0. The van der Waals surface area contributed by atoms with Crippen LogP contribution in [-0.2, 0) is 17.1 Å². The van der Waals surface area contributed by atoms with Crippen LogP contribution < -0.4 is 37.2 Å². The van der Waals surface area contributed by atoms with Crippen LogP contribution in [0.1, 0.15) is 0 Å². The SMILES string of the molecule is C[N+](C)(C)CCO.O.O.[Cl-].[Cl-].[Cl-].[Cu+2]. The molecule has 1 radical (unpaired) electrons. The first kappa shape index (κ1) is 47.6. The van der Waals surface area contributed by atoms with Gasteiger partial charge in [0, 0.05) is 0 Å². The van der Waals surface area contributed by atoms with Crippen LogP contribution in [0, 0.1) is 0 Å². The second kappa shape index (κ2) is 23.2. The van der Waals surface area contributed by atoms with E-state index in [2.05, 4.69) is 21.1 Å². The van der Waals surface area contributed by atoms with Gasteiger partial charge in [-0.15, -0.1) is 0 Å². The molecule has 8 heteroatoms. The Morgan fingerprint density at radius 3 is 1.15 bits per heavy atom. The van der Waals surface area contributed by atoms with Crippen molar-refractivity contribution in [3.05, 3.63) is 0 Å². The van der Waals surface area contributed by atoms with Crippen LogP contribution in [-0.4, -0.2) is 54.8 Å². The van der Waals surface area contributed by atoms with Crippen LogP contribution in [0.2, 0.25) is 0 Å². The van der Waals surface area contributed by atoms with E-state index < -0.39 is 0 Å². The number of aliphatic hydroxyl groups is 1. The Morgan fingerprint density at radius 1 is 0.923 bits per heavy atom. The molecule has 0 aliphatic rings. The molecule has 0 spiro atoms. The fraction of sp³-hybridized carbons (Fsp3) is 1.00. The minimum absolute atomic E-state index is 0. The Morgan fingerprint density at radius 2 is 1.15 bits per heavy atom. The number of hydrogen-bond acceptors (Lipinski definition) is 1. The van der Waals surface area contributed by atoms with Crippen LogP contribution in [0.25, 0.3) is 0 Å². The standard InChI is InChI=1S/C5H14NO.3ClH.Cu.2H2O/c1-6(2,3)4-5-7;;;;;;/h7H,4-5H2,1-3H3;3*1H;;2*1H2/q+1;;;;+2;;/p-3. The molecule has 0 saturated carbocycles. The Balaban J connectivity index is -0.0000000120. The summed E-state index contributed by atoms with van der Waals surface area (Å²) in [4.78, 5) is 0. The third-order valence-electron chi connectivity index (χ3n) is 0.771. The van der Waals surface area contributed by atoms with E-state index in [4.69, 9.17) is 5.11 Å². The van der Waals surface area contributed by atoms with Gasteiger partial charge in [0.1, 0.15) is 6.54 Å². The van der Waals surface area contributed by atoms with E-state index in [1.165, 1.54) is 0 Å². The van der Waals surface area contributed by atoms with Crippen molar-refractivity contribution in [3.8, 4) is 0 Å². The van der Waals surface area contributed by atoms with Gasteiger partial charge >= 0.3 is 17.1 Å². The maximum Gasteiger partial charge on any atom is 2.00 e. The predicted molar refractivity (Wildman–Crippen MR) is 37.2 cm³/mol. The molecule has 0 fully saturated rings. The van der Waals surface area contributed by atoms with Crippen LogP contribution >= 0.6 is 0 Å². The Hall–Kier alpha value is 1.23. The van der Waals surface area contributed by atoms with Gasteiger partial charge in [0.25, 0.3) is 0 Å². The van der Waals surface area contributed by atoms with Gasteiger partial charge in [-0.3, -0.25) is 0 Å². The van der Waals surface area contributed by atoms with Crippen molar-refractivity contribution in [3.63, 3.8) is 0 Å². The van der Waals surface area contributed by atoms with Gasteiger partial charge in [-0.2, -0.15) is 0 Å². The quantitative estimate of drug-likeness (QED) is 0.399. The molecule has 5 N–H and O–H groups in total. The molecule has 0 aliphatic carbocycles. The smallest absolute Gasteiger partial charge is 1.00 e. The van der Waals surface area contributed by atoms with Gasteiger partial charge < -0.3 is 57.8 Å². The van der Waals surface area contributed by atoms with Gasteiger partial charge in [-0.1, -0.05) is 0 Å². The zero-order chi connectivity index (χ0) is 5.91. The minimum Gasteiger partial charge on any atom is -1.00 e. The van der Waals surface area contributed by atoms with Crippen molar-refractivity contribution in [2.75, 3.05) is 34.3 Å². The first-order chi connectivity index (χ1) is 3.06. The molecule has 0 amide bonds. The summed E-state index contributed by atoms with van der Waals surface area (Å²) in [5.74, 6) is 0. The molecule has 13 heavy (non-hydrogen) atoms. The molecule has 0 unspecified atom stereocenters. The first-order valence-electron chi connectivity index (χ1n) is 2.47. The van der Waals surface area contributed by atoms with Crippen molar-refractivity contribution in [2.24, 2.45) is 0 Å². The van der Waals surface area contributed by atoms with Crippen LogP contribution in [0.15, 0.2) is 0 Å². The number of likely N-dealkylation sites (N-methyl/N-ethyl adjacent to an activating group) is 1. The molecular formula is C5H18Cl3CuNO3. The number of rotatable bonds is 2. The van der Waals surface area contributed by atoms with Crippen molar-refractivity contribution in [1.82, 2.24) is 0 Å². The summed E-state index contributed by atoms with van der Waals surface area (Å²) in [5, 5.41) is 8.39. The molecule has 0 bridgehead atoms. The summed E-state index contributed by atoms with van der Waals surface area (Å²) in [7, 11) is 6.16. The van der Waals surface area contributed by atoms with Crippen molar-refractivity contribution in [1.29, 1.82) is 0 Å². The molecular weight excluding hydrogens is 292 g/mol. The third kappa shape index (κ3) is 61.0. The summed E-state index contributed by atoms with van der Waals surface area (Å²) in [6.45, 7) is 1.11. The number of quaternary nitrogens is 1. The van der Waals surface area contributed by atoms with Crippen molar-refractivity contribution in [2.45, 2.75) is 0 Å². The van der Waals surface area contributed by atoms with E-state index in [9.17, 15) is 0 Å². The van der Waals surface area contributed by atoms with E-state index in [-0.39, 0.29) is 71.8 Å². The number of halogens is 3. The van der Waals surface area contributed by atoms with Crippen molar-refractivity contribution >= 4 is 0 Å². The predicted octanol–water partition coefficient (Wildman–Crippen LogP) is -11.0. The molecule has 0 aromatic carbocycles. The fourth-order valence-electron chi connectivity index (χ4n) is 0.300. The van der Waals surface area contributed by atoms with E-state index in [0.29, 0.717) is 0 Å². The minimum atomic E-state index is 0. The van der Waals surface area contributed by atoms with E-state index in [1.54, 1.807) is 0 Å².